The average molecular weight is 342 g/mol. The predicted octanol–water partition coefficient (Wildman–Crippen LogP) is 5.37. The van der Waals surface area contributed by atoms with Crippen LogP contribution in [-0.4, -0.2) is 16.9 Å². The van der Waals surface area contributed by atoms with Crippen LogP contribution in [0.5, 0.6) is 0 Å². The Morgan fingerprint density at radius 2 is 1.79 bits per heavy atom. The maximum absolute atomic E-state index is 12.9. The lowest BCUT2D eigenvalue weighted by molar-refractivity contribution is -0.138. The predicted molar refractivity (Wildman–Crippen MR) is 96.7 cm³/mol. The molecule has 1 aliphatic carbocycles. The number of Topliss-reactive ketones (excluding diaryl/α,β-unsaturated/α-hetero) is 1. The van der Waals surface area contributed by atoms with Crippen LogP contribution in [0.25, 0.3) is 10.4 Å². The van der Waals surface area contributed by atoms with E-state index < -0.39 is 11.9 Å². The van der Waals surface area contributed by atoms with Gasteiger partial charge in [0.2, 0.25) is 0 Å². The highest BCUT2D eigenvalue weighted by Crippen LogP contribution is 2.39. The molecule has 1 unspecified atom stereocenters. The topological polar surface area (TPSA) is 54.4 Å². The fourth-order valence-electron chi connectivity index (χ4n) is 3.36. The molecule has 1 heterocycles. The number of aliphatic carboxylic acids is 1. The van der Waals surface area contributed by atoms with Gasteiger partial charge in [-0.1, -0.05) is 49.6 Å². The first-order valence-corrected chi connectivity index (χ1v) is 9.35. The molecule has 24 heavy (non-hydrogen) atoms. The minimum Gasteiger partial charge on any atom is -0.481 e. The monoisotopic (exact) mass is 342 g/mol. The summed E-state index contributed by atoms with van der Waals surface area (Å²) in [7, 11) is 0. The highest BCUT2D eigenvalue weighted by atomic mass is 32.1. The van der Waals surface area contributed by atoms with E-state index in [4.69, 9.17) is 0 Å². The number of hydrogen-bond donors (Lipinski definition) is 1. The Kier molecular flexibility index (Phi) is 5.14. The van der Waals surface area contributed by atoms with E-state index in [9.17, 15) is 14.7 Å². The van der Waals surface area contributed by atoms with Crippen LogP contribution in [-0.2, 0) is 4.79 Å². The van der Waals surface area contributed by atoms with Gasteiger partial charge in [-0.3, -0.25) is 9.59 Å². The maximum Gasteiger partial charge on any atom is 0.310 e. The number of carbonyl (C=O) groups is 2. The lowest BCUT2D eigenvalue weighted by atomic mass is 9.85. The Hall–Kier alpha value is -1.94. The number of hydrogen-bond acceptors (Lipinski definition) is 3. The summed E-state index contributed by atoms with van der Waals surface area (Å²) in [5.41, 5.74) is 1.73. The lowest BCUT2D eigenvalue weighted by Crippen LogP contribution is -2.16. The molecule has 1 atom stereocenters. The summed E-state index contributed by atoms with van der Waals surface area (Å²) in [6.07, 6.45) is 5.37. The van der Waals surface area contributed by atoms with E-state index in [1.165, 1.54) is 17.8 Å². The van der Waals surface area contributed by atoms with E-state index in [1.54, 1.807) is 6.92 Å². The summed E-state index contributed by atoms with van der Waals surface area (Å²) < 4.78 is 0. The van der Waals surface area contributed by atoms with Crippen molar-refractivity contribution in [3.63, 3.8) is 0 Å². The van der Waals surface area contributed by atoms with Crippen molar-refractivity contribution in [2.24, 2.45) is 5.92 Å². The number of carbonyl (C=O) groups excluding carboxylic acids is 1. The minimum atomic E-state index is -0.860. The van der Waals surface area contributed by atoms with Gasteiger partial charge >= 0.3 is 5.97 Å². The van der Waals surface area contributed by atoms with Crippen LogP contribution in [0.2, 0.25) is 0 Å². The zero-order valence-corrected chi connectivity index (χ0v) is 14.6. The standard InChI is InChI=1S/C20H22O3S/c1-13(20(22)23)16-12-17(18(21)14-8-4-2-5-9-14)24-19(16)15-10-6-3-7-11-15/h3,6-7,10-14H,2,4-5,8-9H2,1H3,(H,22,23). The molecule has 1 fully saturated rings. The second kappa shape index (κ2) is 7.31. The molecule has 1 aliphatic rings. The first kappa shape index (κ1) is 16.9. The van der Waals surface area contributed by atoms with E-state index in [2.05, 4.69) is 0 Å². The van der Waals surface area contributed by atoms with Gasteiger partial charge in [0.15, 0.2) is 5.78 Å². The molecule has 1 aromatic carbocycles. The summed E-state index contributed by atoms with van der Waals surface area (Å²) >= 11 is 1.45. The first-order valence-electron chi connectivity index (χ1n) is 8.54. The summed E-state index contributed by atoms with van der Waals surface area (Å²) in [5, 5.41) is 9.42. The number of rotatable bonds is 5. The van der Waals surface area contributed by atoms with E-state index in [-0.39, 0.29) is 11.7 Å². The number of carboxylic acids is 1. The van der Waals surface area contributed by atoms with Gasteiger partial charge in [0.1, 0.15) is 0 Å². The zero-order valence-electron chi connectivity index (χ0n) is 13.8. The van der Waals surface area contributed by atoms with E-state index in [0.717, 1.165) is 41.7 Å². The molecule has 1 N–H and O–H groups in total. The van der Waals surface area contributed by atoms with Gasteiger partial charge in [-0.15, -0.1) is 11.3 Å². The van der Waals surface area contributed by atoms with E-state index in [0.29, 0.717) is 4.88 Å². The van der Waals surface area contributed by atoms with Crippen LogP contribution < -0.4 is 0 Å². The first-order chi connectivity index (χ1) is 11.6. The molecular weight excluding hydrogens is 320 g/mol. The smallest absolute Gasteiger partial charge is 0.310 e. The molecule has 0 spiro atoms. The lowest BCUT2D eigenvalue weighted by Gasteiger charge is -2.19. The Balaban J connectivity index is 1.99. The Labute approximate surface area is 146 Å². The van der Waals surface area contributed by atoms with Gasteiger partial charge in [0, 0.05) is 10.8 Å². The third kappa shape index (κ3) is 3.44. The molecular formula is C20H22O3S. The zero-order chi connectivity index (χ0) is 17.1. The molecule has 0 bridgehead atoms. The van der Waals surface area contributed by atoms with Crippen molar-refractivity contribution in [3.8, 4) is 10.4 Å². The van der Waals surface area contributed by atoms with Crippen molar-refractivity contribution in [3.05, 3.63) is 46.8 Å². The Morgan fingerprint density at radius 1 is 1.12 bits per heavy atom. The van der Waals surface area contributed by atoms with Crippen molar-refractivity contribution < 1.29 is 14.7 Å². The summed E-state index contributed by atoms with van der Waals surface area (Å²) in [4.78, 5) is 26.0. The molecule has 126 valence electrons. The third-order valence-electron chi connectivity index (χ3n) is 4.85. The number of ketones is 1. The molecule has 4 heteroatoms. The van der Waals surface area contributed by atoms with Crippen LogP contribution in [0, 0.1) is 5.92 Å². The Morgan fingerprint density at radius 3 is 2.42 bits per heavy atom. The van der Waals surface area contributed by atoms with Crippen molar-refractivity contribution in [2.75, 3.05) is 0 Å². The summed E-state index contributed by atoms with van der Waals surface area (Å²) in [6, 6.07) is 11.6. The highest BCUT2D eigenvalue weighted by Gasteiger charge is 2.27. The van der Waals surface area contributed by atoms with Crippen LogP contribution >= 0.6 is 11.3 Å². The number of benzene rings is 1. The minimum absolute atomic E-state index is 0.106. The molecule has 3 nitrogen and oxygen atoms in total. The molecule has 3 rings (SSSR count). The maximum atomic E-state index is 12.9. The normalized spacial score (nSPS) is 16.7. The van der Waals surface area contributed by atoms with Gasteiger partial charge in [0.25, 0.3) is 0 Å². The number of carboxylic acid groups (broad SMARTS) is 1. The highest BCUT2D eigenvalue weighted by molar-refractivity contribution is 7.17. The molecule has 2 aromatic rings. The van der Waals surface area contributed by atoms with E-state index in [1.807, 2.05) is 36.4 Å². The molecule has 0 radical (unpaired) electrons. The van der Waals surface area contributed by atoms with Crippen molar-refractivity contribution >= 4 is 23.1 Å². The SMILES string of the molecule is CC(C(=O)O)c1cc(C(=O)C2CCCCC2)sc1-c1ccccc1. The van der Waals surface area contributed by atoms with Crippen molar-refractivity contribution in [1.82, 2.24) is 0 Å². The number of thiophene rings is 1. The Bertz CT molecular complexity index is 727. The van der Waals surface area contributed by atoms with Crippen molar-refractivity contribution in [2.45, 2.75) is 44.9 Å². The van der Waals surface area contributed by atoms with Gasteiger partial charge < -0.3 is 5.11 Å². The average Bonchev–Trinajstić information content (AvgIpc) is 3.07. The quantitative estimate of drug-likeness (QED) is 0.744. The molecule has 0 aliphatic heterocycles. The van der Waals surface area contributed by atoms with Gasteiger partial charge in [-0.2, -0.15) is 0 Å². The van der Waals surface area contributed by atoms with Crippen LogP contribution in [0.4, 0.5) is 0 Å². The third-order valence-corrected chi connectivity index (χ3v) is 6.07. The summed E-state index contributed by atoms with van der Waals surface area (Å²) in [5.74, 6) is -1.18. The molecule has 1 saturated carbocycles. The van der Waals surface area contributed by atoms with Crippen LogP contribution in [0.3, 0.4) is 0 Å². The molecule has 1 aromatic heterocycles. The largest absolute Gasteiger partial charge is 0.481 e. The van der Waals surface area contributed by atoms with Crippen molar-refractivity contribution in [1.29, 1.82) is 0 Å². The van der Waals surface area contributed by atoms with Crippen LogP contribution in [0.1, 0.15) is 60.2 Å². The molecule has 0 saturated heterocycles. The van der Waals surface area contributed by atoms with Gasteiger partial charge in [-0.05, 0) is 37.0 Å². The second-order valence-corrected chi connectivity index (χ2v) is 7.57. The van der Waals surface area contributed by atoms with Gasteiger partial charge in [0.05, 0.1) is 10.8 Å². The van der Waals surface area contributed by atoms with E-state index >= 15 is 0 Å². The molecule has 0 amide bonds. The van der Waals surface area contributed by atoms with Gasteiger partial charge in [-0.25, -0.2) is 0 Å². The fourth-order valence-corrected chi connectivity index (χ4v) is 4.64. The second-order valence-electron chi connectivity index (χ2n) is 6.52. The fraction of sp³-hybridized carbons (Fsp3) is 0.400. The van der Waals surface area contributed by atoms with Crippen LogP contribution in [0.15, 0.2) is 36.4 Å². The summed E-state index contributed by atoms with van der Waals surface area (Å²) in [6.45, 7) is 1.69.